The molecule has 8 nitrogen and oxygen atoms in total. The van der Waals surface area contributed by atoms with Crippen LogP contribution in [0.1, 0.15) is 12.8 Å². The Hall–Kier alpha value is -1.19. The summed E-state index contributed by atoms with van der Waals surface area (Å²) in [4.78, 5) is 21.1. The molecule has 0 heterocycles. The number of amides is 1. The zero-order valence-electron chi connectivity index (χ0n) is 9.16. The first-order valence-corrected chi connectivity index (χ1v) is 6.51. The van der Waals surface area contributed by atoms with Crippen molar-refractivity contribution in [2.24, 2.45) is 5.73 Å². The number of carbonyl (C=O) groups is 2. The number of carbonyl (C=O) groups excluding carboxylic acids is 2. The Balaban J connectivity index is 3.67. The zero-order valence-corrected chi connectivity index (χ0v) is 9.98. The molecule has 0 spiro atoms. The highest BCUT2D eigenvalue weighted by Crippen LogP contribution is 1.91. The van der Waals surface area contributed by atoms with E-state index in [2.05, 4.69) is 10.1 Å². The summed E-state index contributed by atoms with van der Waals surface area (Å²) in [7, 11) is -4.00. The van der Waals surface area contributed by atoms with Gasteiger partial charge in [-0.15, -0.1) is 0 Å². The number of hydrogen-bond donors (Lipinski definition) is 3. The summed E-state index contributed by atoms with van der Waals surface area (Å²) in [6.45, 7) is 0.403. The predicted octanol–water partition coefficient (Wildman–Crippen LogP) is -1.73. The molecule has 0 rings (SSSR count). The van der Waals surface area contributed by atoms with Crippen molar-refractivity contribution in [3.05, 3.63) is 0 Å². The van der Waals surface area contributed by atoms with Gasteiger partial charge in [-0.2, -0.15) is 8.42 Å². The molecule has 0 aromatic carbocycles. The molecular weight excluding hydrogens is 252 g/mol. The highest BCUT2D eigenvalue weighted by molar-refractivity contribution is 7.85. The number of hydrogen-bond acceptors (Lipinski definition) is 6. The fraction of sp³-hybridized carbons (Fsp3) is 0.750. The highest BCUT2D eigenvalue weighted by Gasteiger charge is 2.13. The largest absolute Gasteiger partial charge is 0.468 e. The summed E-state index contributed by atoms with van der Waals surface area (Å²) in [5.74, 6) is -0.883. The van der Waals surface area contributed by atoms with Crippen LogP contribution in [0, 0.1) is 0 Å². The molecule has 0 saturated heterocycles. The SMILES string of the molecule is NC(CCOC=O)C(=O)NCCCS(=O)(=O)O. The molecule has 0 radical (unpaired) electrons. The van der Waals surface area contributed by atoms with Gasteiger partial charge in [-0.25, -0.2) is 0 Å². The summed E-state index contributed by atoms with van der Waals surface area (Å²) >= 11 is 0. The van der Waals surface area contributed by atoms with Crippen LogP contribution in [0.2, 0.25) is 0 Å². The van der Waals surface area contributed by atoms with Gasteiger partial charge in [0, 0.05) is 13.0 Å². The molecular formula is C8H16N2O6S. The van der Waals surface area contributed by atoms with E-state index in [0.29, 0.717) is 0 Å². The molecule has 1 atom stereocenters. The van der Waals surface area contributed by atoms with Crippen LogP contribution in [-0.4, -0.2) is 50.3 Å². The molecule has 0 aromatic rings. The zero-order chi connectivity index (χ0) is 13.3. The van der Waals surface area contributed by atoms with Crippen LogP contribution in [0.25, 0.3) is 0 Å². The Morgan fingerprint density at radius 1 is 1.53 bits per heavy atom. The lowest BCUT2D eigenvalue weighted by Gasteiger charge is -2.11. The van der Waals surface area contributed by atoms with E-state index in [1.807, 2.05) is 0 Å². The van der Waals surface area contributed by atoms with Crippen molar-refractivity contribution in [1.29, 1.82) is 0 Å². The first kappa shape index (κ1) is 15.8. The highest BCUT2D eigenvalue weighted by atomic mass is 32.2. The maximum Gasteiger partial charge on any atom is 0.293 e. The fourth-order valence-electron chi connectivity index (χ4n) is 0.971. The van der Waals surface area contributed by atoms with E-state index in [9.17, 15) is 18.0 Å². The first-order chi connectivity index (χ1) is 7.87. The Kier molecular flexibility index (Phi) is 7.42. The molecule has 0 aliphatic heterocycles. The molecule has 1 amide bonds. The van der Waals surface area contributed by atoms with Gasteiger partial charge in [-0.1, -0.05) is 0 Å². The van der Waals surface area contributed by atoms with Gasteiger partial charge < -0.3 is 15.8 Å². The molecule has 17 heavy (non-hydrogen) atoms. The van der Waals surface area contributed by atoms with E-state index < -0.39 is 27.8 Å². The minimum atomic E-state index is -4.00. The Labute approximate surface area is 99.2 Å². The number of rotatable bonds is 9. The van der Waals surface area contributed by atoms with E-state index >= 15 is 0 Å². The van der Waals surface area contributed by atoms with Gasteiger partial charge >= 0.3 is 0 Å². The summed E-state index contributed by atoms with van der Waals surface area (Å²) in [6, 6.07) is -0.819. The van der Waals surface area contributed by atoms with Gasteiger partial charge in [0.05, 0.1) is 18.4 Å². The van der Waals surface area contributed by atoms with Crippen molar-refractivity contribution in [2.45, 2.75) is 18.9 Å². The lowest BCUT2D eigenvalue weighted by molar-refractivity contribution is -0.130. The first-order valence-electron chi connectivity index (χ1n) is 4.90. The molecule has 0 aliphatic carbocycles. The van der Waals surface area contributed by atoms with Crippen molar-refractivity contribution in [3.8, 4) is 0 Å². The molecule has 0 saturated carbocycles. The van der Waals surface area contributed by atoms with Gasteiger partial charge in [-0.05, 0) is 6.42 Å². The quantitative estimate of drug-likeness (QED) is 0.257. The molecule has 0 aliphatic rings. The number of nitrogens with one attached hydrogen (secondary N) is 1. The maximum absolute atomic E-state index is 11.3. The normalized spacial score (nSPS) is 12.8. The predicted molar refractivity (Wildman–Crippen MR) is 58.7 cm³/mol. The van der Waals surface area contributed by atoms with E-state index in [1.54, 1.807) is 0 Å². The van der Waals surface area contributed by atoms with Gasteiger partial charge in [0.2, 0.25) is 5.91 Å². The monoisotopic (exact) mass is 268 g/mol. The lowest BCUT2D eigenvalue weighted by atomic mass is 10.2. The van der Waals surface area contributed by atoms with Crippen molar-refractivity contribution >= 4 is 22.5 Å². The molecule has 1 unspecified atom stereocenters. The van der Waals surface area contributed by atoms with Crippen LogP contribution in [0.15, 0.2) is 0 Å². The van der Waals surface area contributed by atoms with Gasteiger partial charge in [0.15, 0.2) is 0 Å². The van der Waals surface area contributed by atoms with E-state index in [-0.39, 0.29) is 32.5 Å². The minimum Gasteiger partial charge on any atom is -0.468 e. The van der Waals surface area contributed by atoms with Crippen molar-refractivity contribution in [3.63, 3.8) is 0 Å². The maximum atomic E-state index is 11.3. The molecule has 0 aromatic heterocycles. The third-order valence-corrected chi connectivity index (χ3v) is 2.63. The second-order valence-electron chi connectivity index (χ2n) is 3.29. The smallest absolute Gasteiger partial charge is 0.293 e. The van der Waals surface area contributed by atoms with Crippen LogP contribution in [0.5, 0.6) is 0 Å². The molecule has 4 N–H and O–H groups in total. The van der Waals surface area contributed by atoms with Crippen LogP contribution >= 0.6 is 0 Å². The minimum absolute atomic E-state index is 0.0447. The van der Waals surface area contributed by atoms with Gasteiger partial charge in [0.1, 0.15) is 0 Å². The standard InChI is InChI=1S/C8H16N2O6S/c9-7(2-4-16-6-11)8(12)10-3-1-5-17(13,14)15/h6-7H,1-5,9H2,(H,10,12)(H,13,14,15). The van der Waals surface area contributed by atoms with E-state index in [0.717, 1.165) is 0 Å². The van der Waals surface area contributed by atoms with E-state index in [4.69, 9.17) is 10.3 Å². The second kappa shape index (κ2) is 7.98. The summed E-state index contributed by atoms with van der Waals surface area (Å²) < 4.78 is 33.5. The summed E-state index contributed by atoms with van der Waals surface area (Å²) in [6.07, 6.45) is 0.283. The third kappa shape index (κ3) is 9.72. The summed E-state index contributed by atoms with van der Waals surface area (Å²) in [5.41, 5.74) is 5.45. The molecule has 100 valence electrons. The van der Waals surface area contributed by atoms with Crippen LogP contribution < -0.4 is 11.1 Å². The number of nitrogens with two attached hydrogens (primary N) is 1. The third-order valence-electron chi connectivity index (χ3n) is 1.83. The van der Waals surface area contributed by atoms with Crippen molar-refractivity contribution < 1.29 is 27.3 Å². The average molecular weight is 268 g/mol. The van der Waals surface area contributed by atoms with Crippen molar-refractivity contribution in [1.82, 2.24) is 5.32 Å². The van der Waals surface area contributed by atoms with E-state index in [1.165, 1.54) is 0 Å². The average Bonchev–Trinajstić information content (AvgIpc) is 2.23. The Morgan fingerprint density at radius 2 is 2.18 bits per heavy atom. The van der Waals surface area contributed by atoms with Gasteiger partial charge in [0.25, 0.3) is 16.6 Å². The lowest BCUT2D eigenvalue weighted by Crippen LogP contribution is -2.41. The van der Waals surface area contributed by atoms with Crippen LogP contribution in [0.3, 0.4) is 0 Å². The van der Waals surface area contributed by atoms with Crippen LogP contribution in [0.4, 0.5) is 0 Å². The van der Waals surface area contributed by atoms with Crippen LogP contribution in [-0.2, 0) is 24.4 Å². The topological polar surface area (TPSA) is 136 Å². The number of ether oxygens (including phenoxy) is 1. The molecule has 9 heteroatoms. The summed E-state index contributed by atoms with van der Waals surface area (Å²) in [5, 5.41) is 2.40. The molecule has 0 fully saturated rings. The Morgan fingerprint density at radius 3 is 2.71 bits per heavy atom. The van der Waals surface area contributed by atoms with Crippen molar-refractivity contribution in [2.75, 3.05) is 18.9 Å². The molecule has 0 bridgehead atoms. The fourth-order valence-corrected chi connectivity index (χ4v) is 1.48. The van der Waals surface area contributed by atoms with Gasteiger partial charge in [-0.3, -0.25) is 14.1 Å². The second-order valence-corrected chi connectivity index (χ2v) is 4.86. The Bertz CT molecular complexity index is 342.